The minimum absolute atomic E-state index is 0.108. The molecule has 0 saturated carbocycles. The molecule has 8 heteroatoms. The molecule has 128 valence electrons. The number of benzene rings is 2. The van der Waals surface area contributed by atoms with Gasteiger partial charge in [0.1, 0.15) is 11.6 Å². The fraction of sp³-hybridized carbons (Fsp3) is 0.118. The lowest BCUT2D eigenvalue weighted by Crippen LogP contribution is -2.13. The van der Waals surface area contributed by atoms with E-state index in [0.29, 0.717) is 17.0 Å². The van der Waals surface area contributed by atoms with E-state index < -0.39 is 0 Å². The molecule has 0 bridgehead atoms. The number of hydrogen-bond acceptors (Lipinski definition) is 6. The lowest BCUT2D eigenvalue weighted by molar-refractivity contribution is -0.113. The fourth-order valence-corrected chi connectivity index (χ4v) is 2.57. The Balaban J connectivity index is 1.55. The summed E-state index contributed by atoms with van der Waals surface area (Å²) in [4.78, 5) is 12.0. The second-order valence-corrected chi connectivity index (χ2v) is 5.88. The van der Waals surface area contributed by atoms with E-state index in [0.717, 1.165) is 11.8 Å². The van der Waals surface area contributed by atoms with Crippen LogP contribution in [-0.4, -0.2) is 29.0 Å². The number of aromatic nitrogens is 2. The quantitative estimate of drug-likeness (QED) is 0.678. The summed E-state index contributed by atoms with van der Waals surface area (Å²) in [6.45, 7) is 0. The molecular formula is C17H14FN3O3S. The molecule has 0 spiro atoms. The van der Waals surface area contributed by atoms with E-state index in [2.05, 4.69) is 15.5 Å². The van der Waals surface area contributed by atoms with Crippen LogP contribution in [0.5, 0.6) is 5.75 Å². The Labute approximate surface area is 147 Å². The molecule has 1 heterocycles. The average molecular weight is 359 g/mol. The first-order valence-corrected chi connectivity index (χ1v) is 8.29. The molecule has 0 aliphatic carbocycles. The molecule has 0 atom stereocenters. The van der Waals surface area contributed by atoms with Crippen molar-refractivity contribution >= 4 is 23.4 Å². The molecule has 0 aliphatic heterocycles. The number of carbonyl (C=O) groups is 1. The number of nitrogens with one attached hydrogen (secondary N) is 1. The molecule has 2 aromatic carbocycles. The Hall–Kier alpha value is -2.87. The van der Waals surface area contributed by atoms with Crippen molar-refractivity contribution in [3.05, 3.63) is 54.3 Å². The van der Waals surface area contributed by atoms with Gasteiger partial charge in [-0.1, -0.05) is 17.8 Å². The first kappa shape index (κ1) is 17.0. The van der Waals surface area contributed by atoms with Crippen molar-refractivity contribution < 1.29 is 18.3 Å². The SMILES string of the molecule is COc1ccc(NC(=O)CSc2nnc(-c3cccc(F)c3)o2)cc1. The standard InChI is InChI=1S/C17H14FN3O3S/c1-23-14-7-5-13(6-8-14)19-15(22)10-25-17-21-20-16(24-17)11-3-2-4-12(18)9-11/h2-9H,10H2,1H3,(H,19,22). The molecule has 1 amide bonds. The van der Waals surface area contributed by atoms with Crippen LogP contribution in [-0.2, 0) is 4.79 Å². The van der Waals surface area contributed by atoms with E-state index >= 15 is 0 Å². The molecular weight excluding hydrogens is 345 g/mol. The van der Waals surface area contributed by atoms with E-state index in [9.17, 15) is 9.18 Å². The van der Waals surface area contributed by atoms with Gasteiger partial charge in [-0.25, -0.2) is 4.39 Å². The molecule has 0 fully saturated rings. The van der Waals surface area contributed by atoms with E-state index in [1.165, 1.54) is 12.1 Å². The molecule has 3 aromatic rings. The highest BCUT2D eigenvalue weighted by atomic mass is 32.2. The molecule has 6 nitrogen and oxygen atoms in total. The number of thioether (sulfide) groups is 1. The Morgan fingerprint density at radius 3 is 2.76 bits per heavy atom. The van der Waals surface area contributed by atoms with Crippen LogP contribution in [0.1, 0.15) is 0 Å². The molecule has 0 radical (unpaired) electrons. The van der Waals surface area contributed by atoms with Crippen molar-refractivity contribution in [2.24, 2.45) is 0 Å². The fourth-order valence-electron chi connectivity index (χ4n) is 2.00. The van der Waals surface area contributed by atoms with Crippen LogP contribution in [0.2, 0.25) is 0 Å². The Morgan fingerprint density at radius 1 is 1.24 bits per heavy atom. The van der Waals surface area contributed by atoms with Gasteiger partial charge in [-0.2, -0.15) is 0 Å². The van der Waals surface area contributed by atoms with Crippen LogP contribution in [0.3, 0.4) is 0 Å². The number of methoxy groups -OCH3 is 1. The summed E-state index contributed by atoms with van der Waals surface area (Å²) in [5.74, 6) is 0.432. The highest BCUT2D eigenvalue weighted by molar-refractivity contribution is 7.99. The first-order valence-electron chi connectivity index (χ1n) is 7.30. The van der Waals surface area contributed by atoms with Crippen LogP contribution in [0, 0.1) is 5.82 Å². The zero-order chi connectivity index (χ0) is 17.6. The van der Waals surface area contributed by atoms with Gasteiger partial charge in [0.25, 0.3) is 5.22 Å². The monoisotopic (exact) mass is 359 g/mol. The van der Waals surface area contributed by atoms with E-state index in [4.69, 9.17) is 9.15 Å². The molecule has 0 saturated heterocycles. The van der Waals surface area contributed by atoms with Crippen LogP contribution < -0.4 is 10.1 Å². The van der Waals surface area contributed by atoms with Gasteiger partial charge < -0.3 is 14.5 Å². The number of anilines is 1. The summed E-state index contributed by atoms with van der Waals surface area (Å²) in [6, 6.07) is 12.9. The minimum Gasteiger partial charge on any atom is -0.497 e. The van der Waals surface area contributed by atoms with Gasteiger partial charge >= 0.3 is 0 Å². The Kier molecular flexibility index (Phi) is 5.30. The molecule has 1 aromatic heterocycles. The van der Waals surface area contributed by atoms with Gasteiger partial charge in [0.15, 0.2) is 0 Å². The zero-order valence-electron chi connectivity index (χ0n) is 13.2. The second-order valence-electron chi connectivity index (χ2n) is 4.95. The summed E-state index contributed by atoms with van der Waals surface area (Å²) in [6.07, 6.45) is 0. The van der Waals surface area contributed by atoms with Gasteiger partial charge in [-0.05, 0) is 42.5 Å². The number of rotatable bonds is 6. The zero-order valence-corrected chi connectivity index (χ0v) is 14.0. The van der Waals surface area contributed by atoms with Crippen molar-refractivity contribution in [1.82, 2.24) is 10.2 Å². The molecule has 0 unspecified atom stereocenters. The minimum atomic E-state index is -0.385. The van der Waals surface area contributed by atoms with Gasteiger partial charge in [0, 0.05) is 11.3 Å². The third-order valence-electron chi connectivity index (χ3n) is 3.18. The maximum atomic E-state index is 13.2. The summed E-state index contributed by atoms with van der Waals surface area (Å²) < 4.78 is 23.7. The molecule has 25 heavy (non-hydrogen) atoms. The maximum Gasteiger partial charge on any atom is 0.277 e. The normalized spacial score (nSPS) is 10.5. The average Bonchev–Trinajstić information content (AvgIpc) is 3.10. The van der Waals surface area contributed by atoms with E-state index in [-0.39, 0.29) is 28.6 Å². The third kappa shape index (κ3) is 4.57. The Bertz CT molecular complexity index is 868. The topological polar surface area (TPSA) is 77.2 Å². The van der Waals surface area contributed by atoms with E-state index in [1.54, 1.807) is 43.5 Å². The van der Waals surface area contributed by atoms with Gasteiger partial charge in [0.2, 0.25) is 11.8 Å². The number of amides is 1. The van der Waals surface area contributed by atoms with Crippen LogP contribution in [0.25, 0.3) is 11.5 Å². The Morgan fingerprint density at radius 2 is 2.04 bits per heavy atom. The van der Waals surface area contributed by atoms with E-state index in [1.807, 2.05) is 0 Å². The third-order valence-corrected chi connectivity index (χ3v) is 4.00. The largest absolute Gasteiger partial charge is 0.497 e. The summed E-state index contributed by atoms with van der Waals surface area (Å²) >= 11 is 1.10. The summed E-state index contributed by atoms with van der Waals surface area (Å²) in [5, 5.41) is 10.7. The number of carbonyl (C=O) groups excluding carboxylic acids is 1. The van der Waals surface area contributed by atoms with Gasteiger partial charge in [0.05, 0.1) is 12.9 Å². The number of nitrogens with zero attached hydrogens (tertiary/aromatic N) is 2. The lowest BCUT2D eigenvalue weighted by Gasteiger charge is -2.05. The van der Waals surface area contributed by atoms with Crippen molar-refractivity contribution in [3.63, 3.8) is 0 Å². The van der Waals surface area contributed by atoms with Gasteiger partial charge in [-0.3, -0.25) is 4.79 Å². The number of ether oxygens (including phenoxy) is 1. The second kappa shape index (κ2) is 7.80. The van der Waals surface area contributed by atoms with Gasteiger partial charge in [-0.15, -0.1) is 10.2 Å². The molecule has 3 rings (SSSR count). The van der Waals surface area contributed by atoms with Crippen molar-refractivity contribution in [3.8, 4) is 17.2 Å². The van der Waals surface area contributed by atoms with Crippen LogP contribution in [0.4, 0.5) is 10.1 Å². The maximum absolute atomic E-state index is 13.2. The van der Waals surface area contributed by atoms with Crippen molar-refractivity contribution in [1.29, 1.82) is 0 Å². The predicted molar refractivity (Wildman–Crippen MR) is 92.0 cm³/mol. The van der Waals surface area contributed by atoms with Crippen LogP contribution >= 0.6 is 11.8 Å². The highest BCUT2D eigenvalue weighted by Gasteiger charge is 2.12. The predicted octanol–water partition coefficient (Wildman–Crippen LogP) is 3.62. The molecule has 0 aliphatic rings. The summed E-state index contributed by atoms with van der Waals surface area (Å²) in [5.41, 5.74) is 1.15. The summed E-state index contributed by atoms with van der Waals surface area (Å²) in [7, 11) is 1.58. The van der Waals surface area contributed by atoms with Crippen LogP contribution in [0.15, 0.2) is 58.2 Å². The smallest absolute Gasteiger partial charge is 0.277 e. The highest BCUT2D eigenvalue weighted by Crippen LogP contribution is 2.24. The lowest BCUT2D eigenvalue weighted by atomic mass is 10.2. The number of halogens is 1. The number of hydrogen-bond donors (Lipinski definition) is 1. The first-order chi connectivity index (χ1) is 12.1. The molecule has 1 N–H and O–H groups in total. The van der Waals surface area contributed by atoms with Crippen molar-refractivity contribution in [2.45, 2.75) is 5.22 Å². The van der Waals surface area contributed by atoms with Crippen molar-refractivity contribution in [2.75, 3.05) is 18.2 Å².